The third-order valence-corrected chi connectivity index (χ3v) is 4.76. The van der Waals surface area contributed by atoms with E-state index in [0.717, 1.165) is 19.3 Å². The van der Waals surface area contributed by atoms with Crippen molar-refractivity contribution in [3.05, 3.63) is 16.3 Å². The van der Waals surface area contributed by atoms with E-state index < -0.39 is 4.92 Å². The zero-order chi connectivity index (χ0) is 17.1. The molecule has 1 aliphatic carbocycles. The molecule has 0 N–H and O–H groups in total. The van der Waals surface area contributed by atoms with Crippen LogP contribution in [-0.4, -0.2) is 54.1 Å². The lowest BCUT2D eigenvalue weighted by atomic mass is 9.86. The van der Waals surface area contributed by atoms with Crippen LogP contribution >= 0.6 is 0 Å². The SMILES string of the molecule is COC(=O)C1CCCC(n2cc([N+](=O)[O-])c(N3CCOCC3)n2)C1. The summed E-state index contributed by atoms with van der Waals surface area (Å²) in [5.41, 5.74) is 0.0112. The molecule has 0 radical (unpaired) electrons. The van der Waals surface area contributed by atoms with Crippen LogP contribution in [0, 0.1) is 16.0 Å². The number of hydrogen-bond acceptors (Lipinski definition) is 7. The molecule has 2 unspecified atom stereocenters. The highest BCUT2D eigenvalue weighted by atomic mass is 16.6. The number of ether oxygens (including phenoxy) is 2. The first-order valence-corrected chi connectivity index (χ1v) is 8.24. The quantitative estimate of drug-likeness (QED) is 0.466. The number of carbonyl (C=O) groups is 1. The van der Waals surface area contributed by atoms with Crippen LogP contribution in [0.2, 0.25) is 0 Å². The van der Waals surface area contributed by atoms with Crippen molar-refractivity contribution in [1.29, 1.82) is 0 Å². The summed E-state index contributed by atoms with van der Waals surface area (Å²) in [6, 6.07) is -0.0173. The Morgan fingerprint density at radius 2 is 2.17 bits per heavy atom. The van der Waals surface area contributed by atoms with Gasteiger partial charge in [0.05, 0.1) is 37.2 Å². The van der Waals surface area contributed by atoms with Crippen molar-refractivity contribution in [3.8, 4) is 0 Å². The van der Waals surface area contributed by atoms with Crippen molar-refractivity contribution in [2.75, 3.05) is 38.3 Å². The first-order valence-electron chi connectivity index (χ1n) is 8.24. The molecule has 132 valence electrons. The van der Waals surface area contributed by atoms with Gasteiger partial charge < -0.3 is 14.4 Å². The lowest BCUT2D eigenvalue weighted by Crippen LogP contribution is -2.37. The highest BCUT2D eigenvalue weighted by Crippen LogP contribution is 2.36. The molecule has 3 rings (SSSR count). The predicted molar refractivity (Wildman–Crippen MR) is 84.9 cm³/mol. The van der Waals surface area contributed by atoms with E-state index in [1.807, 2.05) is 4.90 Å². The summed E-state index contributed by atoms with van der Waals surface area (Å²) in [5, 5.41) is 15.9. The van der Waals surface area contributed by atoms with Gasteiger partial charge in [0.15, 0.2) is 0 Å². The minimum Gasteiger partial charge on any atom is -0.469 e. The molecular weight excluding hydrogens is 316 g/mol. The van der Waals surface area contributed by atoms with Crippen LogP contribution in [0.5, 0.6) is 0 Å². The number of morpholine rings is 1. The molecule has 24 heavy (non-hydrogen) atoms. The van der Waals surface area contributed by atoms with E-state index in [4.69, 9.17) is 9.47 Å². The molecule has 2 fully saturated rings. The molecule has 2 aliphatic rings. The average Bonchev–Trinajstić information content (AvgIpc) is 3.07. The van der Waals surface area contributed by atoms with Crippen LogP contribution in [0.4, 0.5) is 11.5 Å². The van der Waals surface area contributed by atoms with Gasteiger partial charge in [0.25, 0.3) is 0 Å². The van der Waals surface area contributed by atoms with Gasteiger partial charge in [-0.25, -0.2) is 0 Å². The Bertz CT molecular complexity index is 611. The van der Waals surface area contributed by atoms with Crippen LogP contribution in [0.15, 0.2) is 6.20 Å². The van der Waals surface area contributed by atoms with Crippen molar-refractivity contribution in [3.63, 3.8) is 0 Å². The number of rotatable bonds is 4. The maximum absolute atomic E-state index is 11.8. The summed E-state index contributed by atoms with van der Waals surface area (Å²) in [7, 11) is 1.39. The van der Waals surface area contributed by atoms with Gasteiger partial charge in [-0.15, -0.1) is 5.10 Å². The Kier molecular flexibility index (Phi) is 4.98. The number of hydrogen-bond donors (Lipinski definition) is 0. The van der Waals surface area contributed by atoms with Crippen molar-refractivity contribution in [1.82, 2.24) is 9.78 Å². The van der Waals surface area contributed by atoms with Crippen LogP contribution < -0.4 is 4.90 Å². The van der Waals surface area contributed by atoms with E-state index in [1.54, 1.807) is 4.68 Å². The molecule has 2 heterocycles. The van der Waals surface area contributed by atoms with Gasteiger partial charge >= 0.3 is 11.7 Å². The van der Waals surface area contributed by atoms with E-state index in [2.05, 4.69) is 5.10 Å². The zero-order valence-corrected chi connectivity index (χ0v) is 13.7. The first-order chi connectivity index (χ1) is 11.6. The Labute approximate surface area is 139 Å². The molecule has 2 atom stereocenters. The van der Waals surface area contributed by atoms with Gasteiger partial charge in [-0.05, 0) is 19.3 Å². The van der Waals surface area contributed by atoms with Crippen LogP contribution in [0.3, 0.4) is 0 Å². The third-order valence-electron chi connectivity index (χ3n) is 4.76. The van der Waals surface area contributed by atoms with E-state index in [-0.39, 0.29) is 23.6 Å². The summed E-state index contributed by atoms with van der Waals surface area (Å²) in [4.78, 5) is 24.7. The lowest BCUT2D eigenvalue weighted by molar-refractivity contribution is -0.384. The van der Waals surface area contributed by atoms with Crippen molar-refractivity contribution >= 4 is 17.5 Å². The molecular formula is C15H22N4O5. The molecule has 0 aromatic carbocycles. The Balaban J connectivity index is 1.82. The smallest absolute Gasteiger partial charge is 0.330 e. The minimum absolute atomic E-state index is 0.0112. The average molecular weight is 338 g/mol. The van der Waals surface area contributed by atoms with Gasteiger partial charge in [-0.1, -0.05) is 6.42 Å². The molecule has 1 saturated carbocycles. The Hall–Kier alpha value is -2.16. The second kappa shape index (κ2) is 7.16. The zero-order valence-electron chi connectivity index (χ0n) is 13.7. The molecule has 0 bridgehead atoms. The number of aromatic nitrogens is 2. The summed E-state index contributed by atoms with van der Waals surface area (Å²) >= 11 is 0. The fourth-order valence-electron chi connectivity index (χ4n) is 3.47. The van der Waals surface area contributed by atoms with Crippen molar-refractivity contribution in [2.45, 2.75) is 31.7 Å². The number of carbonyl (C=O) groups excluding carboxylic acids is 1. The fourth-order valence-corrected chi connectivity index (χ4v) is 3.47. The van der Waals surface area contributed by atoms with Crippen LogP contribution in [-0.2, 0) is 14.3 Å². The van der Waals surface area contributed by atoms with Crippen molar-refractivity contribution < 1.29 is 19.2 Å². The van der Waals surface area contributed by atoms with E-state index >= 15 is 0 Å². The largest absolute Gasteiger partial charge is 0.469 e. The van der Waals surface area contributed by atoms with E-state index in [0.29, 0.717) is 38.5 Å². The second-order valence-corrected chi connectivity index (χ2v) is 6.22. The van der Waals surface area contributed by atoms with Crippen LogP contribution in [0.1, 0.15) is 31.7 Å². The minimum atomic E-state index is -0.394. The summed E-state index contributed by atoms with van der Waals surface area (Å²) in [6.45, 7) is 2.26. The van der Waals surface area contributed by atoms with Gasteiger partial charge in [0.1, 0.15) is 6.20 Å². The fraction of sp³-hybridized carbons (Fsp3) is 0.733. The molecule has 0 spiro atoms. The topological polar surface area (TPSA) is 99.7 Å². The molecule has 9 nitrogen and oxygen atoms in total. The molecule has 9 heteroatoms. The monoisotopic (exact) mass is 338 g/mol. The molecule has 1 aromatic heterocycles. The molecule has 1 aliphatic heterocycles. The molecule has 1 aromatic rings. The van der Waals surface area contributed by atoms with Gasteiger partial charge in [0, 0.05) is 13.1 Å². The Morgan fingerprint density at radius 3 is 2.83 bits per heavy atom. The molecule has 1 saturated heterocycles. The van der Waals surface area contributed by atoms with Gasteiger partial charge in [-0.3, -0.25) is 19.6 Å². The number of nitro groups is 1. The number of esters is 1. The number of anilines is 1. The highest BCUT2D eigenvalue weighted by Gasteiger charge is 2.32. The van der Waals surface area contributed by atoms with Gasteiger partial charge in [-0.2, -0.15) is 0 Å². The normalized spacial score (nSPS) is 24.6. The maximum atomic E-state index is 11.8. The summed E-state index contributed by atoms with van der Waals surface area (Å²) in [6.07, 6.45) is 4.63. The number of nitrogens with zero attached hydrogens (tertiary/aromatic N) is 4. The summed E-state index contributed by atoms with van der Waals surface area (Å²) in [5.74, 6) is 0.0158. The Morgan fingerprint density at radius 1 is 1.42 bits per heavy atom. The maximum Gasteiger partial charge on any atom is 0.330 e. The van der Waals surface area contributed by atoms with E-state index in [1.165, 1.54) is 13.3 Å². The first kappa shape index (κ1) is 16.7. The third kappa shape index (κ3) is 3.35. The van der Waals surface area contributed by atoms with Gasteiger partial charge in [0.2, 0.25) is 5.82 Å². The predicted octanol–water partition coefficient (Wildman–Crippen LogP) is 1.53. The second-order valence-electron chi connectivity index (χ2n) is 6.22. The van der Waals surface area contributed by atoms with Crippen LogP contribution in [0.25, 0.3) is 0 Å². The summed E-state index contributed by atoms with van der Waals surface area (Å²) < 4.78 is 11.8. The van der Waals surface area contributed by atoms with Crippen molar-refractivity contribution in [2.24, 2.45) is 5.92 Å². The standard InChI is InChI=1S/C15H22N4O5/c1-23-15(20)11-3-2-4-12(9-11)18-10-13(19(21)22)14(16-18)17-5-7-24-8-6-17/h10-12H,2-9H2,1H3. The highest BCUT2D eigenvalue weighted by molar-refractivity contribution is 5.72. The molecule has 0 amide bonds. The van der Waals surface area contributed by atoms with E-state index in [9.17, 15) is 14.9 Å². The number of methoxy groups -OCH3 is 1. The lowest BCUT2D eigenvalue weighted by Gasteiger charge is -2.28.